The number of para-hydroxylation sites is 2. The summed E-state index contributed by atoms with van der Waals surface area (Å²) in [6.07, 6.45) is 0. The van der Waals surface area contributed by atoms with Crippen molar-refractivity contribution in [3.05, 3.63) is 121 Å². The molecule has 0 fully saturated rings. The molecule has 11 heteroatoms. The normalized spacial score (nSPS) is 12.9. The number of rotatable bonds is 7. The Morgan fingerprint density at radius 1 is 0.707 bits per heavy atom. The summed E-state index contributed by atoms with van der Waals surface area (Å²) in [5.41, 5.74) is 1.95. The van der Waals surface area contributed by atoms with E-state index in [2.05, 4.69) is 4.72 Å². The van der Waals surface area contributed by atoms with Crippen LogP contribution in [0.5, 0.6) is 0 Å². The lowest BCUT2D eigenvalue weighted by Gasteiger charge is -2.20. The molecule has 2 aromatic heterocycles. The quantitative estimate of drug-likeness (QED) is 0.247. The molecule has 1 unspecified atom stereocenters. The molecule has 0 bridgehead atoms. The Balaban J connectivity index is 1.73. The topological polar surface area (TPSA) is 111 Å². The molecule has 1 atom stereocenters. The number of nitrogens with one attached hydrogen (secondary N) is 1. The van der Waals surface area contributed by atoms with Crippen LogP contribution in [0.15, 0.2) is 124 Å². The number of sulfone groups is 1. The lowest BCUT2D eigenvalue weighted by molar-refractivity contribution is 0.595. The summed E-state index contributed by atoms with van der Waals surface area (Å²) >= 11 is 0. The van der Waals surface area contributed by atoms with Crippen molar-refractivity contribution in [1.82, 2.24) is 14.5 Å². The molecule has 206 valence electrons. The minimum Gasteiger partial charge on any atom is -0.302 e. The fourth-order valence-corrected chi connectivity index (χ4v) is 7.44. The molecule has 1 N–H and O–H groups in total. The summed E-state index contributed by atoms with van der Waals surface area (Å²) in [4.78, 5) is 8.87. The predicted molar refractivity (Wildman–Crippen MR) is 154 cm³/mol. The molecule has 0 aliphatic heterocycles. The molecule has 0 aliphatic carbocycles. The highest BCUT2D eigenvalue weighted by atomic mass is 32.2. The summed E-state index contributed by atoms with van der Waals surface area (Å²) in [5.74, 6) is -0.831. The Morgan fingerprint density at radius 2 is 1.27 bits per heavy atom. The maximum absolute atomic E-state index is 14.3. The zero-order valence-corrected chi connectivity index (χ0v) is 23.3. The van der Waals surface area contributed by atoms with Gasteiger partial charge in [-0.05, 0) is 61.0 Å². The molecule has 0 amide bonds. The Kier molecular flexibility index (Phi) is 6.55. The minimum absolute atomic E-state index is 0.0205. The van der Waals surface area contributed by atoms with Gasteiger partial charge in [-0.25, -0.2) is 31.2 Å². The molecule has 0 saturated carbocycles. The van der Waals surface area contributed by atoms with Gasteiger partial charge in [0.05, 0.1) is 26.9 Å². The molecule has 8 nitrogen and oxygen atoms in total. The average Bonchev–Trinajstić information content (AvgIpc) is 3.29. The van der Waals surface area contributed by atoms with Crippen LogP contribution >= 0.6 is 0 Å². The smallest absolute Gasteiger partial charge is 0.263 e. The summed E-state index contributed by atoms with van der Waals surface area (Å²) in [6.45, 7) is 1.82. The van der Waals surface area contributed by atoms with Crippen molar-refractivity contribution >= 4 is 47.9 Å². The second-order valence-corrected chi connectivity index (χ2v) is 13.0. The molecule has 0 aliphatic rings. The Labute approximate surface area is 236 Å². The minimum atomic E-state index is -4.39. The largest absolute Gasteiger partial charge is 0.302 e. The van der Waals surface area contributed by atoms with E-state index in [1.807, 2.05) is 37.3 Å². The van der Waals surface area contributed by atoms with E-state index in [4.69, 9.17) is 9.97 Å². The number of fused-ring (bicyclic) bond motifs is 2. The number of halogens is 1. The second-order valence-electron chi connectivity index (χ2n) is 9.39. The Hall–Kier alpha value is -4.61. The van der Waals surface area contributed by atoms with Gasteiger partial charge >= 0.3 is 0 Å². The molecule has 0 radical (unpaired) electrons. The summed E-state index contributed by atoms with van der Waals surface area (Å²) in [7, 11) is -8.72. The van der Waals surface area contributed by atoms with E-state index < -0.39 is 31.7 Å². The number of nitrogens with zero attached hydrogens (tertiary/aromatic N) is 3. The Bertz CT molecular complexity index is 2120. The summed E-state index contributed by atoms with van der Waals surface area (Å²) in [6, 6.07) is 27.7. The molecule has 0 saturated heterocycles. The van der Waals surface area contributed by atoms with Gasteiger partial charge in [-0.15, -0.1) is 0 Å². The highest BCUT2D eigenvalue weighted by Crippen LogP contribution is 2.41. The number of sulfonamides is 1. The van der Waals surface area contributed by atoms with Crippen LogP contribution in [-0.2, 0) is 19.9 Å². The third-order valence-corrected chi connectivity index (χ3v) is 9.97. The van der Waals surface area contributed by atoms with E-state index in [9.17, 15) is 21.2 Å². The predicted octanol–water partition coefficient (Wildman–Crippen LogP) is 5.97. The van der Waals surface area contributed by atoms with Crippen LogP contribution in [0.4, 0.5) is 10.2 Å². The zero-order valence-electron chi connectivity index (χ0n) is 21.6. The van der Waals surface area contributed by atoms with Gasteiger partial charge in [-0.3, -0.25) is 4.72 Å². The maximum Gasteiger partial charge on any atom is 0.263 e. The monoisotopic (exact) mass is 586 g/mol. The molecule has 4 aromatic carbocycles. The van der Waals surface area contributed by atoms with Crippen molar-refractivity contribution in [2.45, 2.75) is 27.7 Å². The lowest BCUT2D eigenvalue weighted by atomic mass is 10.1. The van der Waals surface area contributed by atoms with Gasteiger partial charge in [0.15, 0.2) is 5.65 Å². The van der Waals surface area contributed by atoms with Gasteiger partial charge in [0.2, 0.25) is 9.84 Å². The van der Waals surface area contributed by atoms with Crippen LogP contribution in [0.3, 0.4) is 0 Å². The van der Waals surface area contributed by atoms with Gasteiger partial charge in [0.25, 0.3) is 10.0 Å². The highest BCUT2D eigenvalue weighted by molar-refractivity contribution is 7.93. The molecule has 2 heterocycles. The molecular formula is C30H23FN4O4S2. The number of benzene rings is 4. The number of anilines is 1. The zero-order chi connectivity index (χ0) is 28.8. The van der Waals surface area contributed by atoms with Crippen molar-refractivity contribution < 1.29 is 21.2 Å². The molecule has 6 aromatic rings. The third kappa shape index (κ3) is 4.72. The maximum atomic E-state index is 14.3. The number of aromatic nitrogens is 3. The van der Waals surface area contributed by atoms with Crippen LogP contribution < -0.4 is 4.72 Å². The van der Waals surface area contributed by atoms with Crippen LogP contribution in [-0.4, -0.2) is 31.4 Å². The third-order valence-electron chi connectivity index (χ3n) is 6.80. The number of hydrogen-bond donors (Lipinski definition) is 1. The SMILES string of the molecule is CC(c1ccccc1)n1c(NS(=O)(=O)c2ccc(F)cc2)c(S(=O)(=O)c2ccccc2)c2nc3ccccc3nc21. The van der Waals surface area contributed by atoms with Gasteiger partial charge in [0.1, 0.15) is 22.0 Å². The average molecular weight is 587 g/mol. The van der Waals surface area contributed by atoms with E-state index in [0.717, 1.165) is 29.8 Å². The van der Waals surface area contributed by atoms with E-state index in [0.29, 0.717) is 11.0 Å². The fraction of sp³-hybridized carbons (Fsp3) is 0.0667. The van der Waals surface area contributed by atoms with Gasteiger partial charge in [-0.2, -0.15) is 0 Å². The van der Waals surface area contributed by atoms with Crippen LogP contribution in [0.2, 0.25) is 0 Å². The second kappa shape index (κ2) is 10.1. The summed E-state index contributed by atoms with van der Waals surface area (Å²) in [5, 5.41) is 0. The van der Waals surface area contributed by atoms with E-state index in [1.165, 1.54) is 12.1 Å². The standard InChI is InChI=1S/C30H23FN4O4S2/c1-20(21-10-4-2-5-11-21)35-29-27(32-25-14-8-9-15-26(25)33-29)28(40(36,37)23-12-6-3-7-13-23)30(35)34-41(38,39)24-18-16-22(31)17-19-24/h2-20,34H,1H3. The number of hydrogen-bond acceptors (Lipinski definition) is 6. The Morgan fingerprint density at radius 3 is 1.90 bits per heavy atom. The van der Waals surface area contributed by atoms with Crippen LogP contribution in [0, 0.1) is 5.82 Å². The van der Waals surface area contributed by atoms with E-state index >= 15 is 0 Å². The van der Waals surface area contributed by atoms with E-state index in [1.54, 1.807) is 47.0 Å². The summed E-state index contributed by atoms with van der Waals surface area (Å²) < 4.78 is 73.6. The first-order valence-corrected chi connectivity index (χ1v) is 15.6. The first-order chi connectivity index (χ1) is 19.7. The van der Waals surface area contributed by atoms with Crippen molar-refractivity contribution in [3.63, 3.8) is 0 Å². The van der Waals surface area contributed by atoms with Crippen LogP contribution in [0.25, 0.3) is 22.2 Å². The van der Waals surface area contributed by atoms with Crippen molar-refractivity contribution in [1.29, 1.82) is 0 Å². The fourth-order valence-electron chi connectivity index (χ4n) is 4.76. The van der Waals surface area contributed by atoms with E-state index in [-0.39, 0.29) is 31.7 Å². The van der Waals surface area contributed by atoms with Gasteiger partial charge in [-0.1, -0.05) is 60.7 Å². The molecule has 41 heavy (non-hydrogen) atoms. The first-order valence-electron chi connectivity index (χ1n) is 12.6. The van der Waals surface area contributed by atoms with Gasteiger partial charge in [0, 0.05) is 0 Å². The van der Waals surface area contributed by atoms with Crippen molar-refractivity contribution in [2.24, 2.45) is 0 Å². The first kappa shape index (κ1) is 26.6. The molecular weight excluding hydrogens is 563 g/mol. The van der Waals surface area contributed by atoms with Crippen molar-refractivity contribution in [2.75, 3.05) is 4.72 Å². The van der Waals surface area contributed by atoms with Crippen LogP contribution in [0.1, 0.15) is 18.5 Å². The molecule has 0 spiro atoms. The highest BCUT2D eigenvalue weighted by Gasteiger charge is 2.35. The van der Waals surface area contributed by atoms with Gasteiger partial charge < -0.3 is 4.57 Å². The molecule has 6 rings (SSSR count). The lowest BCUT2D eigenvalue weighted by Crippen LogP contribution is -2.20. The van der Waals surface area contributed by atoms with Crippen molar-refractivity contribution in [3.8, 4) is 0 Å².